The minimum atomic E-state index is -0.765. The zero-order valence-electron chi connectivity index (χ0n) is 24.2. The van der Waals surface area contributed by atoms with Crippen LogP contribution in [0.2, 0.25) is 0 Å². The molecule has 0 aliphatic carbocycles. The summed E-state index contributed by atoms with van der Waals surface area (Å²) in [6, 6.07) is 11.9. The maximum Gasteiger partial charge on any atom is 0.126 e. The third-order valence-electron chi connectivity index (χ3n) is 7.50. The van der Waals surface area contributed by atoms with Crippen LogP contribution in [0.1, 0.15) is 70.8 Å². The molecular weight excluding hydrogens is 496 g/mol. The predicted molar refractivity (Wildman–Crippen MR) is 151 cm³/mol. The SMILES string of the molecule is CCc1cc(C(C)(c2cc(COC)c(O)c(COC)c2)c2cc(COC)c(O)c(COC)c2)cc(CC)c1O. The second-order valence-electron chi connectivity index (χ2n) is 9.99. The maximum absolute atomic E-state index is 11.0. The monoisotopic (exact) mass is 538 g/mol. The fourth-order valence-electron chi connectivity index (χ4n) is 5.25. The van der Waals surface area contributed by atoms with Gasteiger partial charge in [-0.15, -0.1) is 0 Å². The Kier molecular flexibility index (Phi) is 10.4. The molecule has 0 aliphatic rings. The van der Waals surface area contributed by atoms with Crippen molar-refractivity contribution in [1.82, 2.24) is 0 Å². The van der Waals surface area contributed by atoms with E-state index in [1.54, 1.807) is 28.4 Å². The molecule has 0 bridgehead atoms. The normalized spacial score (nSPS) is 11.8. The van der Waals surface area contributed by atoms with Gasteiger partial charge in [0.1, 0.15) is 17.2 Å². The van der Waals surface area contributed by atoms with Crippen LogP contribution < -0.4 is 0 Å². The third kappa shape index (κ3) is 6.07. The fraction of sp³-hybridized carbons (Fsp3) is 0.438. The van der Waals surface area contributed by atoms with E-state index in [-0.39, 0.29) is 37.9 Å². The van der Waals surface area contributed by atoms with Crippen LogP contribution in [-0.4, -0.2) is 43.8 Å². The Labute approximate surface area is 231 Å². The van der Waals surface area contributed by atoms with Crippen molar-refractivity contribution < 1.29 is 34.3 Å². The molecule has 3 rings (SSSR count). The number of ether oxygens (including phenoxy) is 4. The molecule has 0 saturated heterocycles. The lowest BCUT2D eigenvalue weighted by molar-refractivity contribution is 0.174. The summed E-state index contributed by atoms with van der Waals surface area (Å²) in [5.74, 6) is 0.609. The summed E-state index contributed by atoms with van der Waals surface area (Å²) in [6.45, 7) is 7.07. The average molecular weight is 539 g/mol. The van der Waals surface area contributed by atoms with E-state index in [0.29, 0.717) is 40.8 Å². The number of phenols is 3. The number of aromatic hydroxyl groups is 3. The van der Waals surface area contributed by atoms with E-state index >= 15 is 0 Å². The van der Waals surface area contributed by atoms with E-state index in [9.17, 15) is 15.3 Å². The predicted octanol–water partition coefficient (Wildman–Crippen LogP) is 5.87. The molecule has 7 heteroatoms. The minimum absolute atomic E-state index is 0.143. The number of hydrogen-bond acceptors (Lipinski definition) is 7. The number of hydrogen-bond donors (Lipinski definition) is 3. The quantitative estimate of drug-likeness (QED) is 0.234. The van der Waals surface area contributed by atoms with Crippen LogP contribution in [0.15, 0.2) is 36.4 Å². The van der Waals surface area contributed by atoms with Crippen molar-refractivity contribution in [2.75, 3.05) is 28.4 Å². The third-order valence-corrected chi connectivity index (χ3v) is 7.50. The van der Waals surface area contributed by atoms with Crippen LogP contribution in [0, 0.1) is 0 Å². The molecule has 7 nitrogen and oxygen atoms in total. The highest BCUT2D eigenvalue weighted by molar-refractivity contribution is 5.59. The largest absolute Gasteiger partial charge is 0.507 e. The summed E-state index contributed by atoms with van der Waals surface area (Å²) in [7, 11) is 6.37. The smallest absolute Gasteiger partial charge is 0.126 e. The van der Waals surface area contributed by atoms with Gasteiger partial charge in [0, 0.05) is 56.1 Å². The van der Waals surface area contributed by atoms with Gasteiger partial charge in [-0.3, -0.25) is 0 Å². The lowest BCUT2D eigenvalue weighted by Crippen LogP contribution is -2.27. The summed E-state index contributed by atoms with van der Waals surface area (Å²) in [4.78, 5) is 0. The van der Waals surface area contributed by atoms with Crippen molar-refractivity contribution in [3.63, 3.8) is 0 Å². The van der Waals surface area contributed by atoms with Crippen molar-refractivity contribution in [2.45, 2.75) is 65.5 Å². The van der Waals surface area contributed by atoms with Gasteiger partial charge >= 0.3 is 0 Å². The molecule has 3 aromatic carbocycles. The summed E-state index contributed by atoms with van der Waals surface area (Å²) >= 11 is 0. The molecule has 0 spiro atoms. The van der Waals surface area contributed by atoms with Crippen LogP contribution in [0.5, 0.6) is 17.2 Å². The van der Waals surface area contributed by atoms with Gasteiger partial charge in [0.25, 0.3) is 0 Å². The number of methoxy groups -OCH3 is 4. The van der Waals surface area contributed by atoms with Gasteiger partial charge in [-0.05, 0) is 71.8 Å². The first-order chi connectivity index (χ1) is 18.7. The molecule has 0 aromatic heterocycles. The average Bonchev–Trinajstić information content (AvgIpc) is 2.93. The first-order valence-electron chi connectivity index (χ1n) is 13.2. The molecule has 212 valence electrons. The van der Waals surface area contributed by atoms with Crippen molar-refractivity contribution in [3.05, 3.63) is 86.5 Å². The first kappa shape index (κ1) is 30.4. The van der Waals surface area contributed by atoms with Crippen molar-refractivity contribution >= 4 is 0 Å². The molecule has 0 fully saturated rings. The Morgan fingerprint density at radius 2 is 0.718 bits per heavy atom. The highest BCUT2D eigenvalue weighted by Crippen LogP contribution is 2.45. The van der Waals surface area contributed by atoms with Crippen molar-refractivity contribution in [3.8, 4) is 17.2 Å². The van der Waals surface area contributed by atoms with E-state index in [0.717, 1.165) is 27.8 Å². The van der Waals surface area contributed by atoms with Crippen molar-refractivity contribution in [1.29, 1.82) is 0 Å². The summed E-state index contributed by atoms with van der Waals surface area (Å²) < 4.78 is 21.7. The molecule has 0 radical (unpaired) electrons. The second kappa shape index (κ2) is 13.3. The van der Waals surface area contributed by atoms with Crippen LogP contribution in [0.3, 0.4) is 0 Å². The molecule has 0 aliphatic heterocycles. The van der Waals surface area contributed by atoms with Crippen LogP contribution in [-0.2, 0) is 63.6 Å². The molecule has 0 amide bonds. The zero-order chi connectivity index (χ0) is 28.7. The Morgan fingerprint density at radius 3 is 0.949 bits per heavy atom. The minimum Gasteiger partial charge on any atom is -0.507 e. The number of rotatable bonds is 13. The molecule has 0 unspecified atom stereocenters. The van der Waals surface area contributed by atoms with Gasteiger partial charge in [0.05, 0.1) is 26.4 Å². The summed E-state index contributed by atoms with van der Waals surface area (Å²) in [5.41, 5.74) is 6.32. The Hall–Kier alpha value is -3.10. The molecule has 39 heavy (non-hydrogen) atoms. The Morgan fingerprint density at radius 1 is 0.487 bits per heavy atom. The standard InChI is InChI=1S/C32H42O7/c1-8-20-10-26(11-21(9-2)29(20)33)32(3,27-12-22(16-36-4)30(34)23(13-27)17-37-5)28-14-24(18-38-6)31(35)25(15-28)19-39-7/h10-15,33-35H,8-9,16-19H2,1-7H3. The highest BCUT2D eigenvalue weighted by Gasteiger charge is 2.35. The van der Waals surface area contributed by atoms with Gasteiger partial charge in [-0.2, -0.15) is 0 Å². The maximum atomic E-state index is 11.0. The molecule has 0 atom stereocenters. The topological polar surface area (TPSA) is 97.6 Å². The van der Waals surface area contributed by atoms with Crippen LogP contribution in [0.4, 0.5) is 0 Å². The van der Waals surface area contributed by atoms with Crippen LogP contribution >= 0.6 is 0 Å². The number of phenolic OH excluding ortho intramolecular Hbond substituents is 3. The van der Waals surface area contributed by atoms with Crippen molar-refractivity contribution in [2.24, 2.45) is 0 Å². The van der Waals surface area contributed by atoms with E-state index in [1.165, 1.54) is 0 Å². The highest BCUT2D eigenvalue weighted by atomic mass is 16.5. The number of benzene rings is 3. The van der Waals surface area contributed by atoms with Gasteiger partial charge in [-0.1, -0.05) is 26.0 Å². The number of aryl methyl sites for hydroxylation is 2. The van der Waals surface area contributed by atoms with E-state index in [4.69, 9.17) is 18.9 Å². The molecule has 0 heterocycles. The molecule has 3 N–H and O–H groups in total. The fourth-order valence-corrected chi connectivity index (χ4v) is 5.25. The molecular formula is C32H42O7. The van der Waals surface area contributed by atoms with Crippen LogP contribution in [0.25, 0.3) is 0 Å². The second-order valence-corrected chi connectivity index (χ2v) is 9.99. The van der Waals surface area contributed by atoms with Gasteiger partial charge < -0.3 is 34.3 Å². The lowest BCUT2D eigenvalue weighted by atomic mass is 9.68. The van der Waals surface area contributed by atoms with Gasteiger partial charge in [0.15, 0.2) is 0 Å². The van der Waals surface area contributed by atoms with Gasteiger partial charge in [0.2, 0.25) is 0 Å². The Bertz CT molecular complexity index is 1140. The van der Waals surface area contributed by atoms with Gasteiger partial charge in [-0.25, -0.2) is 0 Å². The molecule has 0 saturated carbocycles. The first-order valence-corrected chi connectivity index (χ1v) is 13.2. The summed E-state index contributed by atoms with van der Waals surface area (Å²) in [5, 5.41) is 32.9. The van der Waals surface area contributed by atoms with E-state index < -0.39 is 5.41 Å². The lowest BCUT2D eigenvalue weighted by Gasteiger charge is -2.35. The van der Waals surface area contributed by atoms with E-state index in [2.05, 4.69) is 6.92 Å². The molecule has 3 aromatic rings. The zero-order valence-corrected chi connectivity index (χ0v) is 24.2. The van der Waals surface area contributed by atoms with E-state index in [1.807, 2.05) is 50.2 Å². The summed E-state index contributed by atoms with van der Waals surface area (Å²) in [6.07, 6.45) is 1.34. The Balaban J connectivity index is 2.49.